The number of aliphatic hydroxyl groups is 1. The van der Waals surface area contributed by atoms with Crippen molar-refractivity contribution in [1.29, 1.82) is 0 Å². The third-order valence-corrected chi connectivity index (χ3v) is 5.20. The highest BCUT2D eigenvalue weighted by atomic mass is 32.1. The van der Waals surface area contributed by atoms with E-state index in [9.17, 15) is 9.90 Å². The Bertz CT molecular complexity index is 819. The van der Waals surface area contributed by atoms with Gasteiger partial charge in [-0.05, 0) is 41.7 Å². The number of hydrogen-bond acceptors (Lipinski definition) is 5. The van der Waals surface area contributed by atoms with Crippen molar-refractivity contribution in [2.24, 2.45) is 0 Å². The van der Waals surface area contributed by atoms with Crippen molar-refractivity contribution < 1.29 is 15.1 Å². The van der Waals surface area contributed by atoms with E-state index < -0.39 is 16.9 Å². The number of hydroxylamine groups is 1. The molecule has 0 saturated carbocycles. The molecule has 0 aromatic heterocycles. The summed E-state index contributed by atoms with van der Waals surface area (Å²) in [6.45, 7) is 2.43. The van der Waals surface area contributed by atoms with E-state index in [4.69, 9.17) is 5.21 Å². The minimum atomic E-state index is -1.10. The van der Waals surface area contributed by atoms with Crippen molar-refractivity contribution in [3.63, 3.8) is 0 Å². The summed E-state index contributed by atoms with van der Waals surface area (Å²) in [5, 5.41) is 19.3. The molecule has 1 heterocycles. The lowest BCUT2D eigenvalue weighted by Gasteiger charge is -2.35. The standard InChI is InChI=1S/C21H24N2O3S/c1-21(27,20(25)22-26)14-23-12-11-18(13-19(23)24)17-9-7-16(8-10-17)15-5-3-2-4-6-15/h2-10,13,19,24,26-27H,11-12,14H2,1H3,(H,22,25)/t19-,21?/m0/s1. The number of amides is 1. The normalized spacial score (nSPS) is 19.9. The molecule has 27 heavy (non-hydrogen) atoms. The van der Waals surface area contributed by atoms with Crippen LogP contribution in [0.2, 0.25) is 0 Å². The number of aliphatic hydroxyl groups excluding tert-OH is 1. The lowest BCUT2D eigenvalue weighted by molar-refractivity contribution is -0.132. The summed E-state index contributed by atoms with van der Waals surface area (Å²) in [6, 6.07) is 18.5. The number of thiol groups is 1. The Morgan fingerprint density at radius 2 is 1.74 bits per heavy atom. The molecule has 1 unspecified atom stereocenters. The first-order chi connectivity index (χ1) is 12.9. The molecule has 0 saturated heterocycles. The highest BCUT2D eigenvalue weighted by Crippen LogP contribution is 2.29. The Kier molecular flexibility index (Phi) is 6.01. The molecule has 3 N–H and O–H groups in total. The molecule has 0 bridgehead atoms. The largest absolute Gasteiger partial charge is 0.375 e. The van der Waals surface area contributed by atoms with Crippen LogP contribution in [0.15, 0.2) is 60.7 Å². The lowest BCUT2D eigenvalue weighted by atomic mass is 9.95. The van der Waals surface area contributed by atoms with Crippen LogP contribution in [0.4, 0.5) is 0 Å². The van der Waals surface area contributed by atoms with E-state index >= 15 is 0 Å². The molecule has 0 radical (unpaired) electrons. The van der Waals surface area contributed by atoms with E-state index in [0.717, 1.165) is 23.1 Å². The number of carbonyl (C=O) groups is 1. The van der Waals surface area contributed by atoms with Crippen molar-refractivity contribution >= 4 is 24.1 Å². The van der Waals surface area contributed by atoms with Crippen molar-refractivity contribution in [2.75, 3.05) is 13.1 Å². The Morgan fingerprint density at radius 3 is 2.33 bits per heavy atom. The average molecular weight is 385 g/mol. The molecule has 2 atom stereocenters. The van der Waals surface area contributed by atoms with Gasteiger partial charge in [-0.3, -0.25) is 14.9 Å². The van der Waals surface area contributed by atoms with E-state index in [1.807, 2.05) is 24.3 Å². The minimum Gasteiger partial charge on any atom is -0.375 e. The monoisotopic (exact) mass is 384 g/mol. The fourth-order valence-corrected chi connectivity index (χ4v) is 3.50. The molecule has 0 fully saturated rings. The van der Waals surface area contributed by atoms with E-state index in [1.165, 1.54) is 5.56 Å². The van der Waals surface area contributed by atoms with Gasteiger partial charge in [-0.1, -0.05) is 54.6 Å². The SMILES string of the molecule is CC(S)(CN1CCC(c2ccc(-c3ccccc3)cc2)=C[C@@H]1O)C(=O)NO. The van der Waals surface area contributed by atoms with Crippen LogP contribution in [0.3, 0.4) is 0 Å². The zero-order valence-electron chi connectivity index (χ0n) is 15.2. The van der Waals surface area contributed by atoms with E-state index in [1.54, 1.807) is 17.3 Å². The molecule has 1 aliphatic heterocycles. The second-order valence-electron chi connectivity index (χ2n) is 6.98. The fourth-order valence-electron chi connectivity index (χ4n) is 3.27. The van der Waals surface area contributed by atoms with Crippen LogP contribution < -0.4 is 5.48 Å². The topological polar surface area (TPSA) is 72.8 Å². The van der Waals surface area contributed by atoms with E-state index in [0.29, 0.717) is 6.54 Å². The maximum Gasteiger partial charge on any atom is 0.260 e. The highest BCUT2D eigenvalue weighted by molar-refractivity contribution is 7.82. The van der Waals surface area contributed by atoms with Crippen LogP contribution in [0.25, 0.3) is 16.7 Å². The number of nitrogens with zero attached hydrogens (tertiary/aromatic N) is 1. The molecule has 0 spiro atoms. The highest BCUT2D eigenvalue weighted by Gasteiger charge is 2.34. The van der Waals surface area contributed by atoms with E-state index in [2.05, 4.69) is 49.0 Å². The van der Waals surface area contributed by atoms with Gasteiger partial charge in [0, 0.05) is 13.1 Å². The zero-order valence-corrected chi connectivity index (χ0v) is 16.1. The first kappa shape index (κ1) is 19.6. The number of carbonyl (C=O) groups excluding carboxylic acids is 1. The fraction of sp³-hybridized carbons (Fsp3) is 0.286. The molecule has 1 aliphatic rings. The van der Waals surface area contributed by atoms with Gasteiger partial charge in [-0.25, -0.2) is 5.48 Å². The maximum atomic E-state index is 11.7. The summed E-state index contributed by atoms with van der Waals surface area (Å²) in [7, 11) is 0. The van der Waals surface area contributed by atoms with Crippen LogP contribution >= 0.6 is 12.6 Å². The predicted molar refractivity (Wildman–Crippen MR) is 109 cm³/mol. The number of nitrogens with one attached hydrogen (secondary N) is 1. The van der Waals surface area contributed by atoms with Crippen molar-refractivity contribution in [2.45, 2.75) is 24.3 Å². The first-order valence-corrected chi connectivity index (χ1v) is 9.31. The van der Waals surface area contributed by atoms with Gasteiger partial charge in [0.15, 0.2) is 0 Å². The molecular weight excluding hydrogens is 360 g/mol. The summed E-state index contributed by atoms with van der Waals surface area (Å²) in [6.07, 6.45) is 1.76. The van der Waals surface area contributed by atoms with Gasteiger partial charge in [0.2, 0.25) is 0 Å². The number of benzene rings is 2. The predicted octanol–water partition coefficient (Wildman–Crippen LogP) is 2.96. The van der Waals surface area contributed by atoms with Crippen LogP contribution in [-0.2, 0) is 4.79 Å². The van der Waals surface area contributed by atoms with Gasteiger partial charge in [0.25, 0.3) is 5.91 Å². The number of rotatable bonds is 5. The molecule has 2 aromatic rings. The van der Waals surface area contributed by atoms with Gasteiger partial charge in [-0.15, -0.1) is 0 Å². The molecular formula is C21H24N2O3S. The summed E-state index contributed by atoms with van der Waals surface area (Å²) in [4.78, 5) is 13.5. The van der Waals surface area contributed by atoms with Crippen LogP contribution in [0.1, 0.15) is 18.9 Å². The van der Waals surface area contributed by atoms with Crippen LogP contribution in [0.5, 0.6) is 0 Å². The maximum absolute atomic E-state index is 11.7. The summed E-state index contributed by atoms with van der Waals surface area (Å²) >= 11 is 4.31. The molecule has 142 valence electrons. The zero-order chi connectivity index (χ0) is 19.4. The Morgan fingerprint density at radius 1 is 1.15 bits per heavy atom. The first-order valence-electron chi connectivity index (χ1n) is 8.86. The van der Waals surface area contributed by atoms with Crippen LogP contribution in [-0.4, -0.2) is 45.2 Å². The van der Waals surface area contributed by atoms with Crippen molar-refractivity contribution in [3.8, 4) is 11.1 Å². The Labute approximate surface area is 164 Å². The third kappa shape index (κ3) is 4.59. The quantitative estimate of drug-likeness (QED) is 0.363. The third-order valence-electron chi connectivity index (χ3n) is 4.86. The summed E-state index contributed by atoms with van der Waals surface area (Å²) in [5.74, 6) is -0.593. The Balaban J connectivity index is 1.71. The minimum absolute atomic E-state index is 0.223. The molecule has 2 aromatic carbocycles. The summed E-state index contributed by atoms with van der Waals surface area (Å²) < 4.78 is -1.10. The lowest BCUT2D eigenvalue weighted by Crippen LogP contribution is -2.51. The molecule has 6 heteroatoms. The van der Waals surface area contributed by atoms with Crippen molar-refractivity contribution in [3.05, 3.63) is 66.2 Å². The van der Waals surface area contributed by atoms with Gasteiger partial charge >= 0.3 is 0 Å². The Hall–Kier alpha value is -2.12. The second-order valence-corrected chi connectivity index (χ2v) is 7.97. The van der Waals surface area contributed by atoms with Gasteiger partial charge < -0.3 is 5.11 Å². The van der Waals surface area contributed by atoms with Gasteiger partial charge in [0.1, 0.15) is 11.0 Å². The van der Waals surface area contributed by atoms with Gasteiger partial charge in [-0.2, -0.15) is 12.6 Å². The average Bonchev–Trinajstić information content (AvgIpc) is 2.69. The molecule has 5 nitrogen and oxygen atoms in total. The molecule has 0 aliphatic carbocycles. The molecule has 1 amide bonds. The smallest absolute Gasteiger partial charge is 0.260 e. The van der Waals surface area contributed by atoms with Crippen LogP contribution in [0, 0.1) is 0 Å². The summed E-state index contributed by atoms with van der Waals surface area (Å²) in [5.41, 5.74) is 6.10. The second kappa shape index (κ2) is 8.27. The molecule has 3 rings (SSSR count). The van der Waals surface area contributed by atoms with Gasteiger partial charge in [0.05, 0.1) is 0 Å². The van der Waals surface area contributed by atoms with E-state index in [-0.39, 0.29) is 6.54 Å². The number of hydrogen-bond donors (Lipinski definition) is 4. The van der Waals surface area contributed by atoms with Crippen molar-refractivity contribution in [1.82, 2.24) is 10.4 Å².